The van der Waals surface area contributed by atoms with Crippen molar-refractivity contribution in [1.29, 1.82) is 0 Å². The van der Waals surface area contributed by atoms with E-state index in [2.05, 4.69) is 55.6 Å². The first-order valence-corrected chi connectivity index (χ1v) is 38.9. The van der Waals surface area contributed by atoms with Crippen molar-refractivity contribution in [3.63, 3.8) is 0 Å². The SMILES string of the molecule is CCCC/C=C\CCCCCCCC(=O)OCCCCCCCCCCCCCCC/C=C\C/C=C\CCCCCCCCCCCCCCCCCCCC(=O)NC(COC1OC(CO)C(O)C(O)C1O)C(O)/C=C/CCCCCCCCCCCCCC. The number of hydrogen-bond donors (Lipinski definition) is 6. The number of esters is 1. The number of carbonyl (C=O) groups excluding carboxylic acids is 2. The van der Waals surface area contributed by atoms with Crippen LogP contribution in [0, 0.1) is 0 Å². The molecule has 0 bridgehead atoms. The van der Waals surface area contributed by atoms with Gasteiger partial charge in [-0.3, -0.25) is 9.59 Å². The van der Waals surface area contributed by atoms with Gasteiger partial charge in [0.15, 0.2) is 6.29 Å². The van der Waals surface area contributed by atoms with Crippen LogP contribution >= 0.6 is 0 Å². The Balaban J connectivity index is 1.94. The number of amides is 1. The Bertz CT molecular complexity index is 1630. The molecule has 1 amide bonds. The lowest BCUT2D eigenvalue weighted by Gasteiger charge is -2.40. The van der Waals surface area contributed by atoms with Crippen molar-refractivity contribution in [2.75, 3.05) is 19.8 Å². The third kappa shape index (κ3) is 56.0. The van der Waals surface area contributed by atoms with Crippen LogP contribution in [0.3, 0.4) is 0 Å². The number of carbonyl (C=O) groups is 2. The molecule has 1 saturated heterocycles. The summed E-state index contributed by atoms with van der Waals surface area (Å²) in [6.07, 6.45) is 79.8. The van der Waals surface area contributed by atoms with Crippen LogP contribution in [0.4, 0.5) is 0 Å². The molecule has 11 nitrogen and oxygen atoms in total. The van der Waals surface area contributed by atoms with Gasteiger partial charge in [-0.1, -0.05) is 332 Å². The second kappa shape index (κ2) is 68.0. The van der Waals surface area contributed by atoms with Gasteiger partial charge in [0.05, 0.1) is 32.0 Å². The fourth-order valence-corrected chi connectivity index (χ4v) is 12.3. The molecule has 11 heteroatoms. The summed E-state index contributed by atoms with van der Waals surface area (Å²) in [4.78, 5) is 25.1. The van der Waals surface area contributed by atoms with E-state index in [1.807, 2.05) is 6.08 Å². The Morgan fingerprint density at radius 2 is 0.756 bits per heavy atom. The highest BCUT2D eigenvalue weighted by Crippen LogP contribution is 2.24. The van der Waals surface area contributed by atoms with E-state index >= 15 is 0 Å². The fourth-order valence-electron chi connectivity index (χ4n) is 12.3. The van der Waals surface area contributed by atoms with Gasteiger partial charge >= 0.3 is 5.97 Å². The maximum atomic E-state index is 13.1. The van der Waals surface area contributed by atoms with Gasteiger partial charge in [0.1, 0.15) is 24.4 Å². The summed E-state index contributed by atoms with van der Waals surface area (Å²) in [5.74, 6) is -0.175. The molecule has 0 aromatic heterocycles. The zero-order valence-corrected chi connectivity index (χ0v) is 58.9. The normalized spacial score (nSPS) is 17.9. The Morgan fingerprint density at radius 3 is 1.17 bits per heavy atom. The summed E-state index contributed by atoms with van der Waals surface area (Å²) in [6.45, 7) is 4.35. The van der Waals surface area contributed by atoms with Crippen LogP contribution < -0.4 is 5.32 Å². The predicted octanol–water partition coefficient (Wildman–Crippen LogP) is 20.7. The second-order valence-electron chi connectivity index (χ2n) is 27.1. The number of aliphatic hydroxyl groups excluding tert-OH is 5. The van der Waals surface area contributed by atoms with Crippen molar-refractivity contribution in [2.45, 2.75) is 423 Å². The molecule has 0 spiro atoms. The topological polar surface area (TPSA) is 175 Å². The smallest absolute Gasteiger partial charge is 0.305 e. The molecule has 1 rings (SSSR count). The van der Waals surface area contributed by atoms with E-state index in [0.29, 0.717) is 19.4 Å². The van der Waals surface area contributed by atoms with E-state index in [9.17, 15) is 35.1 Å². The Hall–Kier alpha value is -2.38. The van der Waals surface area contributed by atoms with Gasteiger partial charge in [-0.15, -0.1) is 0 Å². The average molecular weight is 1270 g/mol. The van der Waals surface area contributed by atoms with Crippen LogP contribution in [0.5, 0.6) is 0 Å². The second-order valence-corrected chi connectivity index (χ2v) is 27.1. The molecule has 0 radical (unpaired) electrons. The monoisotopic (exact) mass is 1270 g/mol. The summed E-state index contributed by atoms with van der Waals surface area (Å²) in [5.41, 5.74) is 0. The third-order valence-electron chi connectivity index (χ3n) is 18.4. The molecule has 0 aliphatic carbocycles. The fraction of sp³-hybridized carbons (Fsp3) is 0.873. The van der Waals surface area contributed by atoms with Crippen molar-refractivity contribution in [3.05, 3.63) is 48.6 Å². The van der Waals surface area contributed by atoms with Crippen molar-refractivity contribution < 1.29 is 49.3 Å². The van der Waals surface area contributed by atoms with Gasteiger partial charge in [0, 0.05) is 12.8 Å². The van der Waals surface area contributed by atoms with E-state index in [1.165, 1.54) is 289 Å². The van der Waals surface area contributed by atoms with E-state index in [-0.39, 0.29) is 18.5 Å². The first-order chi connectivity index (χ1) is 44.2. The largest absolute Gasteiger partial charge is 0.466 e. The zero-order chi connectivity index (χ0) is 65.1. The lowest BCUT2D eigenvalue weighted by Crippen LogP contribution is -2.60. The summed E-state index contributed by atoms with van der Waals surface area (Å²) in [7, 11) is 0. The molecule has 1 fully saturated rings. The number of ether oxygens (including phenoxy) is 3. The molecule has 0 aromatic carbocycles. The Kier molecular flexibility index (Phi) is 64.7. The van der Waals surface area contributed by atoms with E-state index in [1.54, 1.807) is 6.08 Å². The molecule has 0 saturated carbocycles. The third-order valence-corrected chi connectivity index (χ3v) is 18.4. The number of rotatable bonds is 69. The highest BCUT2D eigenvalue weighted by Gasteiger charge is 2.44. The van der Waals surface area contributed by atoms with Gasteiger partial charge in [-0.2, -0.15) is 0 Å². The van der Waals surface area contributed by atoms with Crippen molar-refractivity contribution in [3.8, 4) is 0 Å². The van der Waals surface area contributed by atoms with Crippen molar-refractivity contribution in [1.82, 2.24) is 5.32 Å². The highest BCUT2D eigenvalue weighted by molar-refractivity contribution is 5.76. The van der Waals surface area contributed by atoms with Gasteiger partial charge in [-0.25, -0.2) is 0 Å². The highest BCUT2D eigenvalue weighted by atomic mass is 16.7. The maximum absolute atomic E-state index is 13.1. The predicted molar refractivity (Wildman–Crippen MR) is 380 cm³/mol. The zero-order valence-electron chi connectivity index (χ0n) is 58.9. The molecule has 1 aliphatic heterocycles. The molecule has 1 heterocycles. The quantitative estimate of drug-likeness (QED) is 0.0195. The molecule has 7 atom stereocenters. The number of hydrogen-bond acceptors (Lipinski definition) is 10. The molecule has 1 aliphatic rings. The first kappa shape index (κ1) is 85.6. The Labute approximate surface area is 555 Å². The molecular formula is C79H147NO10. The van der Waals surface area contributed by atoms with E-state index in [4.69, 9.17) is 14.2 Å². The van der Waals surface area contributed by atoms with Gasteiger partial charge in [0.25, 0.3) is 0 Å². The minimum absolute atomic E-state index is 0.00162. The summed E-state index contributed by atoms with van der Waals surface area (Å²) in [5, 5.41) is 54.6. The standard InChI is InChI=1S/C79H147NO10/c1-3-5-7-9-11-13-15-16-42-46-49-53-57-61-65-72(82)71(70-89-79-78(87)77(86)76(85)73(69-81)90-79)80-74(83)66-62-58-54-50-47-43-40-38-36-34-32-30-28-26-24-22-20-18-17-19-21-23-25-27-29-31-33-35-37-39-41-44-48-52-56-60-64-68-88-75(84)67-63-59-55-51-45-14-12-10-8-6-4-2/h10,12,17,19,23,25,61,65,71-73,76-79,81-82,85-87H,3-9,11,13-16,18,20-22,24,26-60,62-64,66-70H2,1-2H3,(H,80,83)/b12-10-,19-17-,25-23-,65-61+. The molecule has 6 N–H and O–H groups in total. The van der Waals surface area contributed by atoms with Gasteiger partial charge in [0.2, 0.25) is 5.91 Å². The summed E-state index contributed by atoms with van der Waals surface area (Å²) in [6, 6.07) is -0.809. The van der Waals surface area contributed by atoms with Crippen LogP contribution in [0.2, 0.25) is 0 Å². The number of unbranched alkanes of at least 4 members (excludes halogenated alkanes) is 49. The molecule has 0 aromatic rings. The molecular weight excluding hydrogens is 1120 g/mol. The average Bonchev–Trinajstić information content (AvgIpc) is 1.02. The van der Waals surface area contributed by atoms with Gasteiger partial charge in [-0.05, 0) is 83.5 Å². The minimum atomic E-state index is -1.57. The van der Waals surface area contributed by atoms with Crippen LogP contribution in [-0.2, 0) is 23.8 Å². The van der Waals surface area contributed by atoms with Gasteiger partial charge < -0.3 is 45.1 Å². The van der Waals surface area contributed by atoms with Crippen LogP contribution in [0.15, 0.2) is 48.6 Å². The number of aliphatic hydroxyl groups is 5. The van der Waals surface area contributed by atoms with Crippen LogP contribution in [-0.4, -0.2) is 100 Å². The minimum Gasteiger partial charge on any atom is -0.466 e. The van der Waals surface area contributed by atoms with Crippen molar-refractivity contribution in [2.24, 2.45) is 0 Å². The van der Waals surface area contributed by atoms with Crippen LogP contribution in [0.25, 0.3) is 0 Å². The Morgan fingerprint density at radius 1 is 0.411 bits per heavy atom. The van der Waals surface area contributed by atoms with E-state index in [0.717, 1.165) is 64.2 Å². The summed E-state index contributed by atoms with van der Waals surface area (Å²) >= 11 is 0. The molecule has 528 valence electrons. The lowest BCUT2D eigenvalue weighted by atomic mass is 9.99. The molecule has 7 unspecified atom stereocenters. The van der Waals surface area contributed by atoms with Crippen LogP contribution in [0.1, 0.15) is 380 Å². The summed E-state index contributed by atoms with van der Waals surface area (Å²) < 4.78 is 16.8. The number of allylic oxidation sites excluding steroid dienone is 7. The lowest BCUT2D eigenvalue weighted by molar-refractivity contribution is -0.302. The first-order valence-electron chi connectivity index (χ1n) is 38.9. The van der Waals surface area contributed by atoms with E-state index < -0.39 is 49.5 Å². The number of nitrogens with one attached hydrogen (secondary N) is 1. The molecule has 90 heavy (non-hydrogen) atoms. The van der Waals surface area contributed by atoms with Crippen molar-refractivity contribution >= 4 is 11.9 Å². The maximum Gasteiger partial charge on any atom is 0.305 e.